The number of likely N-dealkylation sites (tertiary alicyclic amines) is 1. The molecule has 3 heterocycles. The van der Waals surface area contributed by atoms with Crippen LogP contribution in [0.5, 0.6) is 0 Å². The lowest BCUT2D eigenvalue weighted by Crippen LogP contribution is -2.47. The number of nitrogens with one attached hydrogen (secondary N) is 2. The first-order chi connectivity index (χ1) is 16.3. The molecule has 1 saturated heterocycles. The molecule has 7 heteroatoms. The molecule has 0 bridgehead atoms. The largest absolute Gasteiger partial charge is 0.416 e. The second-order valence-corrected chi connectivity index (χ2v) is 9.06. The van der Waals surface area contributed by atoms with Crippen LogP contribution in [-0.4, -0.2) is 28.5 Å². The zero-order valence-corrected chi connectivity index (χ0v) is 18.4. The SMILES string of the molecule is Cc1c([C@]23CCN(C(=O)c4ccc(C(F)(F)F)cc4)[C@H]2Nc2ccccc23)[nH]c2ccccc12. The highest BCUT2D eigenvalue weighted by atomic mass is 19.4. The summed E-state index contributed by atoms with van der Waals surface area (Å²) >= 11 is 0. The van der Waals surface area contributed by atoms with Gasteiger partial charge in [-0.15, -0.1) is 0 Å². The summed E-state index contributed by atoms with van der Waals surface area (Å²) in [6, 6.07) is 20.7. The maximum atomic E-state index is 13.5. The van der Waals surface area contributed by atoms with Gasteiger partial charge in [0.25, 0.3) is 5.91 Å². The van der Waals surface area contributed by atoms with Crippen LogP contribution in [-0.2, 0) is 11.6 Å². The van der Waals surface area contributed by atoms with Crippen molar-refractivity contribution in [2.75, 3.05) is 11.9 Å². The van der Waals surface area contributed by atoms with Crippen molar-refractivity contribution < 1.29 is 18.0 Å². The van der Waals surface area contributed by atoms with Crippen LogP contribution in [0.15, 0.2) is 72.8 Å². The Labute approximate surface area is 194 Å². The van der Waals surface area contributed by atoms with E-state index in [0.717, 1.165) is 45.5 Å². The van der Waals surface area contributed by atoms with Crippen molar-refractivity contribution in [3.05, 3.63) is 101 Å². The second-order valence-electron chi connectivity index (χ2n) is 9.06. The van der Waals surface area contributed by atoms with Gasteiger partial charge >= 0.3 is 6.18 Å². The molecular weight excluding hydrogens is 439 g/mol. The molecular formula is C27H22F3N3O. The summed E-state index contributed by atoms with van der Waals surface area (Å²) in [5, 5.41) is 4.69. The number of anilines is 1. The molecule has 0 aliphatic carbocycles. The number of fused-ring (bicyclic) bond motifs is 4. The van der Waals surface area contributed by atoms with Gasteiger partial charge in [-0.3, -0.25) is 4.79 Å². The molecule has 4 nitrogen and oxygen atoms in total. The molecule has 0 unspecified atom stereocenters. The van der Waals surface area contributed by atoms with Crippen LogP contribution in [0.2, 0.25) is 0 Å². The molecule has 172 valence electrons. The Bertz CT molecular complexity index is 1420. The normalized spacial score (nSPS) is 21.4. The van der Waals surface area contributed by atoms with Crippen LogP contribution in [0.1, 0.15) is 39.2 Å². The predicted octanol–water partition coefficient (Wildman–Crippen LogP) is 6.08. The van der Waals surface area contributed by atoms with E-state index >= 15 is 0 Å². The number of carbonyl (C=O) groups excluding carboxylic acids is 1. The number of hydrogen-bond acceptors (Lipinski definition) is 2. The van der Waals surface area contributed by atoms with Gasteiger partial charge in [-0.2, -0.15) is 13.2 Å². The lowest BCUT2D eigenvalue weighted by atomic mass is 9.75. The molecule has 2 aliphatic rings. The van der Waals surface area contributed by atoms with Crippen LogP contribution in [0.3, 0.4) is 0 Å². The smallest absolute Gasteiger partial charge is 0.364 e. The molecule has 1 fully saturated rings. The van der Waals surface area contributed by atoms with Crippen LogP contribution < -0.4 is 5.32 Å². The zero-order chi connectivity index (χ0) is 23.7. The Balaban J connectivity index is 1.45. The van der Waals surface area contributed by atoms with Crippen molar-refractivity contribution in [1.82, 2.24) is 9.88 Å². The Morgan fingerprint density at radius 2 is 1.71 bits per heavy atom. The summed E-state index contributed by atoms with van der Waals surface area (Å²) in [5.41, 5.74) is 4.34. The average molecular weight is 461 g/mol. The van der Waals surface area contributed by atoms with E-state index in [4.69, 9.17) is 0 Å². The highest BCUT2D eigenvalue weighted by molar-refractivity contribution is 5.96. The number of rotatable bonds is 2. The van der Waals surface area contributed by atoms with Crippen molar-refractivity contribution in [3.8, 4) is 0 Å². The first-order valence-corrected chi connectivity index (χ1v) is 11.2. The number of hydrogen-bond donors (Lipinski definition) is 2. The fraction of sp³-hybridized carbons (Fsp3) is 0.222. The van der Waals surface area contributed by atoms with E-state index in [0.29, 0.717) is 13.0 Å². The standard InChI is InChI=1S/C27H22F3N3O/c1-16-19-6-2-4-8-21(19)31-23(16)26-14-15-33(25(26)32-22-9-5-3-7-20(22)26)24(34)17-10-12-18(13-11-17)27(28,29)30/h2-13,25,31-32H,14-15H2,1H3/t25-,26-/m1/s1. The number of aryl methyl sites for hydroxylation is 1. The summed E-state index contributed by atoms with van der Waals surface area (Å²) < 4.78 is 39.0. The van der Waals surface area contributed by atoms with Gasteiger partial charge in [-0.05, 0) is 60.9 Å². The molecule has 4 aromatic rings. The summed E-state index contributed by atoms with van der Waals surface area (Å²) in [6.45, 7) is 2.59. The number of benzene rings is 3. The Hall–Kier alpha value is -3.74. The summed E-state index contributed by atoms with van der Waals surface area (Å²) in [5.74, 6) is -0.283. The molecule has 2 atom stereocenters. The molecule has 2 N–H and O–H groups in total. The third-order valence-electron chi connectivity index (χ3n) is 7.36. The molecule has 1 aromatic heterocycles. The first-order valence-electron chi connectivity index (χ1n) is 11.2. The zero-order valence-electron chi connectivity index (χ0n) is 18.4. The highest BCUT2D eigenvalue weighted by Crippen LogP contribution is 2.54. The van der Waals surface area contributed by atoms with Gasteiger partial charge in [-0.25, -0.2) is 0 Å². The van der Waals surface area contributed by atoms with E-state index in [-0.39, 0.29) is 17.6 Å². The van der Waals surface area contributed by atoms with Crippen LogP contribution in [0.4, 0.5) is 18.9 Å². The maximum Gasteiger partial charge on any atom is 0.416 e. The number of alkyl halides is 3. The number of halogens is 3. The third kappa shape index (κ3) is 2.82. The van der Waals surface area contributed by atoms with Crippen LogP contribution in [0, 0.1) is 6.92 Å². The lowest BCUT2D eigenvalue weighted by Gasteiger charge is -2.33. The predicted molar refractivity (Wildman–Crippen MR) is 125 cm³/mol. The number of carbonyl (C=O) groups is 1. The number of H-pyrrole nitrogens is 1. The van der Waals surface area contributed by atoms with Crippen molar-refractivity contribution in [1.29, 1.82) is 0 Å². The average Bonchev–Trinajstić information content (AvgIpc) is 3.47. The highest BCUT2D eigenvalue weighted by Gasteiger charge is 2.57. The minimum atomic E-state index is -4.44. The molecule has 0 radical (unpaired) electrons. The van der Waals surface area contributed by atoms with Gasteiger partial charge in [0, 0.05) is 34.4 Å². The van der Waals surface area contributed by atoms with Gasteiger partial charge in [0.2, 0.25) is 0 Å². The van der Waals surface area contributed by atoms with Crippen molar-refractivity contribution in [2.45, 2.75) is 31.1 Å². The molecule has 3 aromatic carbocycles. The van der Waals surface area contributed by atoms with E-state index in [9.17, 15) is 18.0 Å². The topological polar surface area (TPSA) is 48.1 Å². The molecule has 1 amide bonds. The lowest BCUT2D eigenvalue weighted by molar-refractivity contribution is -0.137. The Morgan fingerprint density at radius 1 is 1.00 bits per heavy atom. The van der Waals surface area contributed by atoms with E-state index in [1.807, 2.05) is 36.4 Å². The number of aromatic amines is 1. The third-order valence-corrected chi connectivity index (χ3v) is 7.36. The van der Waals surface area contributed by atoms with Gasteiger partial charge < -0.3 is 15.2 Å². The van der Waals surface area contributed by atoms with Gasteiger partial charge in [0.15, 0.2) is 0 Å². The van der Waals surface area contributed by atoms with E-state index in [2.05, 4.69) is 29.4 Å². The number of nitrogens with zero attached hydrogens (tertiary/aromatic N) is 1. The summed E-state index contributed by atoms with van der Waals surface area (Å²) in [6.07, 6.45) is -4.10. The first kappa shape index (κ1) is 20.8. The van der Waals surface area contributed by atoms with Crippen molar-refractivity contribution in [3.63, 3.8) is 0 Å². The summed E-state index contributed by atoms with van der Waals surface area (Å²) in [7, 11) is 0. The quantitative estimate of drug-likeness (QED) is 0.380. The second kappa shape index (κ2) is 7.13. The van der Waals surface area contributed by atoms with Crippen LogP contribution in [0.25, 0.3) is 10.9 Å². The van der Waals surface area contributed by atoms with Gasteiger partial charge in [-0.1, -0.05) is 36.4 Å². The van der Waals surface area contributed by atoms with Gasteiger partial charge in [0.1, 0.15) is 6.17 Å². The summed E-state index contributed by atoms with van der Waals surface area (Å²) in [4.78, 5) is 18.9. The van der Waals surface area contributed by atoms with Crippen molar-refractivity contribution >= 4 is 22.5 Å². The molecule has 0 saturated carbocycles. The van der Waals surface area contributed by atoms with Gasteiger partial charge in [0.05, 0.1) is 11.0 Å². The minimum Gasteiger partial charge on any atom is -0.364 e. The van der Waals surface area contributed by atoms with Crippen LogP contribution >= 0.6 is 0 Å². The fourth-order valence-electron chi connectivity index (χ4n) is 5.77. The molecule has 2 aliphatic heterocycles. The molecule has 0 spiro atoms. The van der Waals surface area contributed by atoms with E-state index < -0.39 is 17.2 Å². The monoisotopic (exact) mass is 461 g/mol. The number of amides is 1. The van der Waals surface area contributed by atoms with E-state index in [1.54, 1.807) is 4.90 Å². The maximum absolute atomic E-state index is 13.5. The Morgan fingerprint density at radius 3 is 2.44 bits per heavy atom. The Kier molecular flexibility index (Phi) is 4.37. The van der Waals surface area contributed by atoms with E-state index in [1.165, 1.54) is 12.1 Å². The fourth-order valence-corrected chi connectivity index (χ4v) is 5.77. The molecule has 6 rings (SSSR count). The van der Waals surface area contributed by atoms with Crippen molar-refractivity contribution in [2.24, 2.45) is 0 Å². The molecule has 34 heavy (non-hydrogen) atoms. The number of para-hydroxylation sites is 2. The minimum absolute atomic E-state index is 0.245. The number of aromatic nitrogens is 1.